The zero-order valence-corrected chi connectivity index (χ0v) is 8.55. The molecule has 5 rings (SSSR count). The number of hydrogen-bond acceptors (Lipinski definition) is 3. The molecule has 0 spiro atoms. The molecule has 15 heavy (non-hydrogen) atoms. The van der Waals surface area contributed by atoms with Crippen LogP contribution in [0.15, 0.2) is 33.9 Å². The van der Waals surface area contributed by atoms with E-state index >= 15 is 0 Å². The largest absolute Gasteiger partial charge is 0.327 e. The lowest BCUT2D eigenvalue weighted by Crippen LogP contribution is -2.50. The van der Waals surface area contributed by atoms with Gasteiger partial charge in [0.05, 0.1) is 12.1 Å². The second-order valence-electron chi connectivity index (χ2n) is 4.23. The first-order valence-electron chi connectivity index (χ1n) is 4.98. The van der Waals surface area contributed by atoms with Gasteiger partial charge in [-0.15, -0.1) is 0 Å². The summed E-state index contributed by atoms with van der Waals surface area (Å²) in [6.07, 6.45) is 8.40. The minimum atomic E-state index is -0.127. The van der Waals surface area contributed by atoms with Crippen molar-refractivity contribution in [1.82, 2.24) is 9.36 Å². The van der Waals surface area contributed by atoms with Gasteiger partial charge in [0.2, 0.25) is 0 Å². The van der Waals surface area contributed by atoms with E-state index in [0.717, 1.165) is 11.3 Å². The molecular weight excluding hydrogens is 212 g/mol. The van der Waals surface area contributed by atoms with Crippen molar-refractivity contribution in [2.24, 2.45) is 11.8 Å². The van der Waals surface area contributed by atoms with Crippen molar-refractivity contribution < 1.29 is 0 Å². The van der Waals surface area contributed by atoms with Crippen LogP contribution in [0.5, 0.6) is 0 Å². The van der Waals surface area contributed by atoms with Gasteiger partial charge < -0.3 is 0 Å². The van der Waals surface area contributed by atoms with Gasteiger partial charge in [-0.3, -0.25) is 9.59 Å². The zero-order chi connectivity index (χ0) is 10.2. The van der Waals surface area contributed by atoms with E-state index in [9.17, 15) is 9.59 Å². The molecule has 4 aliphatic rings. The smallest absolute Gasteiger partial charge is 0.255 e. The van der Waals surface area contributed by atoms with Crippen LogP contribution in [0.3, 0.4) is 0 Å². The average Bonchev–Trinajstić information content (AvgIpc) is 2.44. The third-order valence-corrected chi connectivity index (χ3v) is 4.36. The topological polar surface area (TPSA) is 44.0 Å². The standard InChI is InChI=1S/C10H8N2O2S/c13-9-11-7-3-4-8(6-2-1-5(6)7)12(11)10(14)15-9/h1-8H/t5?,6?,7-,8+. The summed E-state index contributed by atoms with van der Waals surface area (Å²) in [5.74, 6) is 0.846. The average molecular weight is 220 g/mol. The van der Waals surface area contributed by atoms with Crippen LogP contribution in [0, 0.1) is 11.8 Å². The summed E-state index contributed by atoms with van der Waals surface area (Å²) in [4.78, 5) is 23.1. The fourth-order valence-electron chi connectivity index (χ4n) is 2.90. The highest BCUT2D eigenvalue weighted by atomic mass is 32.1. The molecular formula is C10H8N2O2S. The first kappa shape index (κ1) is 7.87. The maximum absolute atomic E-state index is 11.7. The van der Waals surface area contributed by atoms with Crippen molar-refractivity contribution in [3.63, 3.8) is 0 Å². The molecule has 4 nitrogen and oxygen atoms in total. The third kappa shape index (κ3) is 0.718. The Morgan fingerprint density at radius 1 is 0.867 bits per heavy atom. The van der Waals surface area contributed by atoms with Crippen molar-refractivity contribution in [3.05, 3.63) is 43.6 Å². The van der Waals surface area contributed by atoms with Crippen LogP contribution >= 0.6 is 11.3 Å². The Hall–Kier alpha value is -1.36. The molecule has 1 aromatic rings. The van der Waals surface area contributed by atoms with Crippen LogP contribution in [0.1, 0.15) is 12.1 Å². The van der Waals surface area contributed by atoms with Crippen molar-refractivity contribution in [3.8, 4) is 0 Å². The predicted molar refractivity (Wildman–Crippen MR) is 56.2 cm³/mol. The molecule has 0 N–H and O–H groups in total. The molecule has 0 radical (unpaired) electrons. The minimum Gasteiger partial charge on any atom is -0.255 e. The van der Waals surface area contributed by atoms with E-state index in [-0.39, 0.29) is 21.8 Å². The van der Waals surface area contributed by atoms with Crippen molar-refractivity contribution in [2.45, 2.75) is 12.1 Å². The van der Waals surface area contributed by atoms with Gasteiger partial charge in [0.15, 0.2) is 0 Å². The van der Waals surface area contributed by atoms with Crippen LogP contribution < -0.4 is 9.75 Å². The van der Waals surface area contributed by atoms with Gasteiger partial charge in [-0.1, -0.05) is 24.3 Å². The zero-order valence-electron chi connectivity index (χ0n) is 7.74. The van der Waals surface area contributed by atoms with Crippen molar-refractivity contribution in [1.29, 1.82) is 0 Å². The van der Waals surface area contributed by atoms with Crippen LogP contribution in [0.4, 0.5) is 0 Å². The number of rotatable bonds is 0. The summed E-state index contributed by atoms with van der Waals surface area (Å²) in [6.45, 7) is 0. The van der Waals surface area contributed by atoms with Gasteiger partial charge >= 0.3 is 9.75 Å². The van der Waals surface area contributed by atoms with E-state index in [4.69, 9.17) is 0 Å². The van der Waals surface area contributed by atoms with Gasteiger partial charge in [-0.25, -0.2) is 9.36 Å². The first-order valence-corrected chi connectivity index (χ1v) is 5.80. The fraction of sp³-hybridized carbons (Fsp3) is 0.400. The SMILES string of the molecule is O=c1sc(=O)n2n1[C@@H]1C=C[C@H]2C2C=CC21. The van der Waals surface area contributed by atoms with Crippen LogP contribution in [0.25, 0.3) is 0 Å². The highest BCUT2D eigenvalue weighted by Gasteiger charge is 2.47. The molecule has 5 heteroatoms. The van der Waals surface area contributed by atoms with Gasteiger partial charge in [-0.05, 0) is 11.3 Å². The predicted octanol–water partition coefficient (Wildman–Crippen LogP) is 0.539. The van der Waals surface area contributed by atoms with E-state index < -0.39 is 0 Å². The summed E-state index contributed by atoms with van der Waals surface area (Å²) < 4.78 is 3.25. The molecule has 0 saturated carbocycles. The Labute approximate surface area is 88.7 Å². The van der Waals surface area contributed by atoms with Crippen molar-refractivity contribution >= 4 is 11.3 Å². The monoisotopic (exact) mass is 220 g/mol. The van der Waals surface area contributed by atoms with Gasteiger partial charge in [0, 0.05) is 11.8 Å². The number of aromatic nitrogens is 2. The molecule has 1 aromatic heterocycles. The molecule has 2 bridgehead atoms. The molecule has 0 amide bonds. The third-order valence-electron chi connectivity index (χ3n) is 3.64. The number of hydrogen-bond donors (Lipinski definition) is 0. The Kier molecular flexibility index (Phi) is 1.18. The van der Waals surface area contributed by atoms with Crippen LogP contribution in [-0.4, -0.2) is 9.36 Å². The molecule has 3 heterocycles. The molecule has 0 saturated heterocycles. The quantitative estimate of drug-likeness (QED) is 0.599. The molecule has 0 aromatic carbocycles. The first-order chi connectivity index (χ1) is 7.27. The van der Waals surface area contributed by atoms with Crippen LogP contribution in [0.2, 0.25) is 0 Å². The molecule has 76 valence electrons. The van der Waals surface area contributed by atoms with Gasteiger partial charge in [0.25, 0.3) is 0 Å². The van der Waals surface area contributed by atoms with E-state index in [1.807, 2.05) is 0 Å². The highest BCUT2D eigenvalue weighted by Crippen LogP contribution is 2.49. The molecule has 0 fully saturated rings. The summed E-state index contributed by atoms with van der Waals surface area (Å²) >= 11 is 0.811. The summed E-state index contributed by atoms with van der Waals surface area (Å²) in [5, 5.41) is 0. The maximum atomic E-state index is 11.7. The lowest BCUT2D eigenvalue weighted by Gasteiger charge is -2.47. The molecule has 2 unspecified atom stereocenters. The number of nitrogens with zero attached hydrogens (tertiary/aromatic N) is 2. The van der Waals surface area contributed by atoms with E-state index in [0.29, 0.717) is 11.8 Å². The Bertz CT molecular complexity index is 568. The lowest BCUT2D eigenvalue weighted by atomic mass is 9.68. The normalized spacial score (nSPS) is 38.7. The summed E-state index contributed by atoms with van der Waals surface area (Å²) in [5.41, 5.74) is 0. The summed E-state index contributed by atoms with van der Waals surface area (Å²) in [7, 11) is 0. The van der Waals surface area contributed by atoms with Gasteiger partial charge in [-0.2, -0.15) is 0 Å². The van der Waals surface area contributed by atoms with Crippen LogP contribution in [-0.2, 0) is 0 Å². The molecule has 2 aliphatic carbocycles. The minimum absolute atomic E-state index is 0.0662. The van der Waals surface area contributed by atoms with Crippen molar-refractivity contribution in [2.75, 3.05) is 0 Å². The Morgan fingerprint density at radius 2 is 1.33 bits per heavy atom. The Balaban J connectivity index is 2.11. The number of allylic oxidation sites excluding steroid dienone is 4. The second kappa shape index (κ2) is 2.24. The maximum Gasteiger partial charge on any atom is 0.327 e. The van der Waals surface area contributed by atoms with E-state index in [2.05, 4.69) is 24.3 Å². The van der Waals surface area contributed by atoms with E-state index in [1.165, 1.54) is 0 Å². The molecule has 4 atom stereocenters. The lowest BCUT2D eigenvalue weighted by molar-refractivity contribution is 0.138. The second-order valence-corrected chi connectivity index (χ2v) is 5.13. The Morgan fingerprint density at radius 3 is 1.73 bits per heavy atom. The van der Waals surface area contributed by atoms with E-state index in [1.54, 1.807) is 9.36 Å². The summed E-state index contributed by atoms with van der Waals surface area (Å²) in [6, 6.07) is 0.132. The molecule has 2 aliphatic heterocycles. The highest BCUT2D eigenvalue weighted by molar-refractivity contribution is 7.06. The fourth-order valence-corrected chi connectivity index (χ4v) is 3.65. The van der Waals surface area contributed by atoms with Gasteiger partial charge in [0.1, 0.15) is 0 Å².